The summed E-state index contributed by atoms with van der Waals surface area (Å²) in [5, 5.41) is 8.30. The lowest BCUT2D eigenvalue weighted by Gasteiger charge is -2.18. The molecule has 17 heavy (non-hydrogen) atoms. The fourth-order valence-electron chi connectivity index (χ4n) is 1.61. The smallest absolute Gasteiger partial charge is 0.236 e. The average Bonchev–Trinajstić information content (AvgIpc) is 2.82. The van der Waals surface area contributed by atoms with Crippen molar-refractivity contribution in [2.24, 2.45) is 0 Å². The van der Waals surface area contributed by atoms with Gasteiger partial charge in [0.25, 0.3) is 0 Å². The molecule has 0 aromatic carbocycles. The summed E-state index contributed by atoms with van der Waals surface area (Å²) >= 11 is 1.71. The predicted molar refractivity (Wildman–Crippen MR) is 73.2 cm³/mol. The lowest BCUT2D eigenvalue weighted by molar-refractivity contribution is -0.122. The number of hydrogen-bond acceptors (Lipinski definition) is 3. The molecular weight excluding hydrogens is 232 g/mol. The number of carbonyl (C=O) groups is 1. The van der Waals surface area contributed by atoms with E-state index >= 15 is 0 Å². The maximum Gasteiger partial charge on any atom is 0.236 e. The molecule has 0 saturated heterocycles. The van der Waals surface area contributed by atoms with Crippen LogP contribution in [-0.2, 0) is 4.79 Å². The highest BCUT2D eigenvalue weighted by Crippen LogP contribution is 2.18. The van der Waals surface area contributed by atoms with Gasteiger partial charge in [-0.05, 0) is 31.7 Å². The molecule has 2 atom stereocenters. The molecule has 4 heteroatoms. The molecule has 0 bridgehead atoms. The van der Waals surface area contributed by atoms with E-state index in [2.05, 4.69) is 35.9 Å². The van der Waals surface area contributed by atoms with Crippen LogP contribution in [0.4, 0.5) is 0 Å². The summed E-state index contributed by atoms with van der Waals surface area (Å²) in [7, 11) is 0. The topological polar surface area (TPSA) is 41.1 Å². The molecule has 0 radical (unpaired) electrons. The van der Waals surface area contributed by atoms with E-state index in [4.69, 9.17) is 0 Å². The quantitative estimate of drug-likeness (QED) is 0.735. The number of thiophene rings is 1. The largest absolute Gasteiger partial charge is 0.355 e. The second kappa shape index (κ2) is 7.45. The molecule has 0 spiro atoms. The Morgan fingerprint density at radius 3 is 2.82 bits per heavy atom. The molecule has 1 rings (SSSR count). The highest BCUT2D eigenvalue weighted by atomic mass is 32.1. The second-order valence-electron chi connectivity index (χ2n) is 4.27. The molecule has 0 fully saturated rings. The van der Waals surface area contributed by atoms with Crippen LogP contribution in [0.2, 0.25) is 0 Å². The standard InChI is InChI=1S/C13H22N2OS/c1-4-5-8-14-13(16)11(3)15-10(2)12-7-6-9-17-12/h6-7,9-11,15H,4-5,8H2,1-3H3,(H,14,16)/t10-,11?/m0/s1. The third kappa shape index (κ3) is 4.88. The summed E-state index contributed by atoms with van der Waals surface area (Å²) in [6, 6.07) is 4.19. The van der Waals surface area contributed by atoms with Crippen LogP contribution in [0.25, 0.3) is 0 Å². The summed E-state index contributed by atoms with van der Waals surface area (Å²) in [4.78, 5) is 13.0. The fraction of sp³-hybridized carbons (Fsp3) is 0.615. The first-order chi connectivity index (χ1) is 8.15. The maximum atomic E-state index is 11.8. The number of carbonyl (C=O) groups excluding carboxylic acids is 1. The van der Waals surface area contributed by atoms with E-state index in [0.29, 0.717) is 0 Å². The van der Waals surface area contributed by atoms with Crippen LogP contribution in [0.1, 0.15) is 44.5 Å². The van der Waals surface area contributed by atoms with Gasteiger partial charge >= 0.3 is 0 Å². The average molecular weight is 254 g/mol. The minimum atomic E-state index is -0.149. The van der Waals surface area contributed by atoms with Crippen LogP contribution < -0.4 is 10.6 Å². The number of unbranched alkanes of at least 4 members (excludes halogenated alkanes) is 1. The van der Waals surface area contributed by atoms with Crippen LogP contribution in [-0.4, -0.2) is 18.5 Å². The Bertz CT molecular complexity index is 324. The Kier molecular flexibility index (Phi) is 6.22. The van der Waals surface area contributed by atoms with Gasteiger partial charge in [-0.15, -0.1) is 11.3 Å². The van der Waals surface area contributed by atoms with Crippen LogP contribution >= 0.6 is 11.3 Å². The number of amides is 1. The first kappa shape index (κ1) is 14.2. The van der Waals surface area contributed by atoms with Gasteiger partial charge in [0.05, 0.1) is 6.04 Å². The van der Waals surface area contributed by atoms with E-state index in [9.17, 15) is 4.79 Å². The molecule has 0 saturated carbocycles. The molecule has 1 aromatic heterocycles. The maximum absolute atomic E-state index is 11.8. The van der Waals surface area contributed by atoms with E-state index in [1.807, 2.05) is 13.0 Å². The number of hydrogen-bond donors (Lipinski definition) is 2. The Hall–Kier alpha value is -0.870. The molecule has 0 aliphatic heterocycles. The highest BCUT2D eigenvalue weighted by Gasteiger charge is 2.15. The van der Waals surface area contributed by atoms with Gasteiger partial charge in [0, 0.05) is 17.5 Å². The molecule has 1 aromatic rings. The summed E-state index contributed by atoms with van der Waals surface area (Å²) in [6.45, 7) is 6.88. The molecule has 2 N–H and O–H groups in total. The summed E-state index contributed by atoms with van der Waals surface area (Å²) in [5.41, 5.74) is 0. The van der Waals surface area contributed by atoms with Gasteiger partial charge in [-0.25, -0.2) is 0 Å². The molecule has 1 amide bonds. The van der Waals surface area contributed by atoms with Crippen molar-refractivity contribution >= 4 is 17.2 Å². The predicted octanol–water partition coefficient (Wildman–Crippen LogP) is 2.70. The second-order valence-corrected chi connectivity index (χ2v) is 5.25. The van der Waals surface area contributed by atoms with Gasteiger partial charge in [-0.1, -0.05) is 19.4 Å². The van der Waals surface area contributed by atoms with Gasteiger partial charge in [-0.2, -0.15) is 0 Å². The molecule has 1 unspecified atom stereocenters. The molecule has 1 heterocycles. The van der Waals surface area contributed by atoms with Crippen molar-refractivity contribution in [2.45, 2.75) is 45.7 Å². The van der Waals surface area contributed by atoms with Crippen molar-refractivity contribution in [3.63, 3.8) is 0 Å². The first-order valence-corrected chi connectivity index (χ1v) is 7.10. The minimum Gasteiger partial charge on any atom is -0.355 e. The molecular formula is C13H22N2OS. The van der Waals surface area contributed by atoms with Gasteiger partial charge < -0.3 is 5.32 Å². The third-order valence-corrected chi connectivity index (χ3v) is 3.75. The first-order valence-electron chi connectivity index (χ1n) is 6.22. The lowest BCUT2D eigenvalue weighted by Crippen LogP contribution is -2.43. The van der Waals surface area contributed by atoms with Gasteiger partial charge in [0.2, 0.25) is 5.91 Å². The summed E-state index contributed by atoms with van der Waals surface area (Å²) < 4.78 is 0. The third-order valence-electron chi connectivity index (χ3n) is 2.69. The number of nitrogens with one attached hydrogen (secondary N) is 2. The Balaban J connectivity index is 2.32. The molecule has 3 nitrogen and oxygen atoms in total. The number of rotatable bonds is 7. The normalized spacial score (nSPS) is 14.3. The van der Waals surface area contributed by atoms with E-state index in [1.54, 1.807) is 11.3 Å². The Labute approximate surface area is 108 Å². The Morgan fingerprint density at radius 1 is 1.47 bits per heavy atom. The molecule has 96 valence electrons. The van der Waals surface area contributed by atoms with Crippen molar-refractivity contribution in [3.8, 4) is 0 Å². The van der Waals surface area contributed by atoms with Crippen molar-refractivity contribution in [1.29, 1.82) is 0 Å². The minimum absolute atomic E-state index is 0.0851. The lowest BCUT2D eigenvalue weighted by atomic mass is 10.2. The molecule has 0 aliphatic rings. The van der Waals surface area contributed by atoms with Crippen LogP contribution in [0.5, 0.6) is 0 Å². The monoisotopic (exact) mass is 254 g/mol. The van der Waals surface area contributed by atoms with E-state index in [-0.39, 0.29) is 18.0 Å². The zero-order chi connectivity index (χ0) is 12.7. The van der Waals surface area contributed by atoms with Gasteiger partial charge in [0.1, 0.15) is 0 Å². The summed E-state index contributed by atoms with van der Waals surface area (Å²) in [5.74, 6) is 0.0851. The van der Waals surface area contributed by atoms with Crippen LogP contribution in [0.3, 0.4) is 0 Å². The fourth-order valence-corrected chi connectivity index (χ4v) is 2.36. The zero-order valence-electron chi connectivity index (χ0n) is 10.8. The Morgan fingerprint density at radius 2 is 2.24 bits per heavy atom. The van der Waals surface area contributed by atoms with Gasteiger partial charge in [0.15, 0.2) is 0 Å². The van der Waals surface area contributed by atoms with Crippen molar-refractivity contribution in [2.75, 3.05) is 6.54 Å². The van der Waals surface area contributed by atoms with Gasteiger partial charge in [-0.3, -0.25) is 10.1 Å². The van der Waals surface area contributed by atoms with E-state index in [0.717, 1.165) is 19.4 Å². The summed E-state index contributed by atoms with van der Waals surface area (Å²) in [6.07, 6.45) is 2.15. The van der Waals surface area contributed by atoms with E-state index in [1.165, 1.54) is 4.88 Å². The van der Waals surface area contributed by atoms with Crippen molar-refractivity contribution in [3.05, 3.63) is 22.4 Å². The van der Waals surface area contributed by atoms with Crippen LogP contribution in [0.15, 0.2) is 17.5 Å². The SMILES string of the molecule is CCCCNC(=O)C(C)N[C@@H](C)c1cccs1. The van der Waals surface area contributed by atoms with Crippen molar-refractivity contribution < 1.29 is 4.79 Å². The highest BCUT2D eigenvalue weighted by molar-refractivity contribution is 7.10. The van der Waals surface area contributed by atoms with Crippen molar-refractivity contribution in [1.82, 2.24) is 10.6 Å². The van der Waals surface area contributed by atoms with Crippen LogP contribution in [0, 0.1) is 0 Å². The van der Waals surface area contributed by atoms with E-state index < -0.39 is 0 Å². The molecule has 0 aliphatic carbocycles. The zero-order valence-corrected chi connectivity index (χ0v) is 11.6.